The summed E-state index contributed by atoms with van der Waals surface area (Å²) in [6, 6.07) is 7.24. The maximum atomic E-state index is 13.9. The largest absolute Gasteiger partial charge is 0.418 e. The molecule has 8 nitrogen and oxygen atoms in total. The van der Waals surface area contributed by atoms with Crippen molar-refractivity contribution >= 4 is 23.4 Å². The average molecular weight is 618 g/mol. The summed E-state index contributed by atoms with van der Waals surface area (Å²) >= 11 is 6.03. The zero-order valence-corrected chi connectivity index (χ0v) is 23.0. The SMILES string of the molecule is Cc1nc(C(OC2COC2C)[C@@H](O)CN=C/C(=C\N)c2ccc(C(F)(F)F)cc2)n(-c2cc(Cl)ccc2C(F)(F)F)n1. The highest BCUT2D eigenvalue weighted by molar-refractivity contribution is 6.30. The molecule has 2 aromatic carbocycles. The lowest BCUT2D eigenvalue weighted by atomic mass is 10.1. The minimum atomic E-state index is -4.75. The summed E-state index contributed by atoms with van der Waals surface area (Å²) in [5, 5.41) is 15.3. The van der Waals surface area contributed by atoms with Crippen molar-refractivity contribution in [3.05, 3.63) is 82.0 Å². The number of allylic oxidation sites excluding steroid dienone is 1. The van der Waals surface area contributed by atoms with Gasteiger partial charge >= 0.3 is 12.4 Å². The minimum absolute atomic E-state index is 0.0186. The first-order valence-electron chi connectivity index (χ1n) is 12.5. The molecule has 0 aliphatic carbocycles. The fourth-order valence-corrected chi connectivity index (χ4v) is 4.33. The van der Waals surface area contributed by atoms with Crippen molar-refractivity contribution in [3.8, 4) is 5.69 Å². The second kappa shape index (κ2) is 12.4. The molecular weight excluding hydrogens is 592 g/mol. The van der Waals surface area contributed by atoms with Crippen LogP contribution in [-0.2, 0) is 21.8 Å². The van der Waals surface area contributed by atoms with Gasteiger partial charge < -0.3 is 20.3 Å². The molecule has 4 atom stereocenters. The van der Waals surface area contributed by atoms with E-state index in [2.05, 4.69) is 15.1 Å². The Morgan fingerprint density at radius 3 is 2.43 bits per heavy atom. The normalized spacial score (nSPS) is 19.6. The van der Waals surface area contributed by atoms with Gasteiger partial charge in [0.2, 0.25) is 0 Å². The molecule has 0 bridgehead atoms. The van der Waals surface area contributed by atoms with Crippen LogP contribution in [0.15, 0.2) is 53.7 Å². The van der Waals surface area contributed by atoms with E-state index in [1.807, 2.05) is 0 Å². The van der Waals surface area contributed by atoms with E-state index in [4.69, 9.17) is 26.8 Å². The van der Waals surface area contributed by atoms with E-state index < -0.39 is 47.5 Å². The molecule has 3 N–H and O–H groups in total. The van der Waals surface area contributed by atoms with E-state index in [1.54, 1.807) is 6.92 Å². The number of nitrogens with two attached hydrogens (primary N) is 1. The molecule has 0 spiro atoms. The highest BCUT2D eigenvalue weighted by atomic mass is 35.5. The molecule has 226 valence electrons. The Hall–Kier alpha value is -3.46. The lowest BCUT2D eigenvalue weighted by molar-refractivity contribution is -0.216. The van der Waals surface area contributed by atoms with Crippen LogP contribution in [0.3, 0.4) is 0 Å². The molecule has 1 saturated heterocycles. The molecule has 1 aromatic heterocycles. The number of ether oxygens (including phenoxy) is 2. The summed E-state index contributed by atoms with van der Waals surface area (Å²) in [6.07, 6.45) is -10.5. The van der Waals surface area contributed by atoms with Gasteiger partial charge in [-0.1, -0.05) is 23.7 Å². The first-order chi connectivity index (χ1) is 19.7. The topological polar surface area (TPSA) is 108 Å². The smallest absolute Gasteiger partial charge is 0.404 e. The van der Waals surface area contributed by atoms with Gasteiger partial charge in [-0.25, -0.2) is 9.67 Å². The molecule has 15 heteroatoms. The van der Waals surface area contributed by atoms with E-state index in [-0.39, 0.29) is 41.5 Å². The van der Waals surface area contributed by atoms with E-state index in [1.165, 1.54) is 25.3 Å². The van der Waals surface area contributed by atoms with Gasteiger partial charge in [0.15, 0.2) is 5.82 Å². The van der Waals surface area contributed by atoms with Crippen LogP contribution in [0.5, 0.6) is 0 Å². The number of aliphatic hydroxyl groups is 1. The predicted octanol–water partition coefficient (Wildman–Crippen LogP) is 5.54. The average Bonchev–Trinajstić information content (AvgIpc) is 3.30. The Kier molecular flexibility index (Phi) is 9.30. The first-order valence-corrected chi connectivity index (χ1v) is 12.9. The number of rotatable bonds is 9. The van der Waals surface area contributed by atoms with E-state index in [0.717, 1.165) is 41.2 Å². The predicted molar refractivity (Wildman–Crippen MR) is 142 cm³/mol. The van der Waals surface area contributed by atoms with Crippen LogP contribution in [0.25, 0.3) is 11.3 Å². The van der Waals surface area contributed by atoms with E-state index >= 15 is 0 Å². The third-order valence-corrected chi connectivity index (χ3v) is 6.69. The second-order valence-electron chi connectivity index (χ2n) is 9.48. The first kappa shape index (κ1) is 31.5. The highest BCUT2D eigenvalue weighted by Gasteiger charge is 2.39. The molecule has 1 aliphatic heterocycles. The highest BCUT2D eigenvalue weighted by Crippen LogP contribution is 2.37. The van der Waals surface area contributed by atoms with Crippen LogP contribution in [-0.4, -0.2) is 57.5 Å². The van der Waals surface area contributed by atoms with Gasteiger partial charge in [-0.2, -0.15) is 31.4 Å². The fraction of sp³-hybridized carbons (Fsp3) is 0.370. The summed E-state index contributed by atoms with van der Waals surface area (Å²) in [7, 11) is 0. The molecule has 2 heterocycles. The van der Waals surface area contributed by atoms with Crippen molar-refractivity contribution in [2.24, 2.45) is 10.7 Å². The second-order valence-corrected chi connectivity index (χ2v) is 9.92. The van der Waals surface area contributed by atoms with Crippen molar-refractivity contribution in [1.82, 2.24) is 14.8 Å². The number of aromatic nitrogens is 3. The van der Waals surface area contributed by atoms with Crippen LogP contribution >= 0.6 is 11.6 Å². The van der Waals surface area contributed by atoms with Crippen LogP contribution < -0.4 is 5.73 Å². The summed E-state index contributed by atoms with van der Waals surface area (Å²) in [5.74, 6) is -0.0182. The van der Waals surface area contributed by atoms with Gasteiger partial charge in [-0.05, 0) is 49.7 Å². The number of hydrogen-bond acceptors (Lipinski definition) is 7. The van der Waals surface area contributed by atoms with Gasteiger partial charge in [-0.3, -0.25) is 4.99 Å². The molecule has 1 aliphatic rings. The zero-order chi connectivity index (χ0) is 30.8. The maximum absolute atomic E-state index is 13.9. The van der Waals surface area contributed by atoms with Crippen molar-refractivity contribution in [2.75, 3.05) is 13.2 Å². The number of hydrogen-bond donors (Lipinski definition) is 2. The Morgan fingerprint density at radius 1 is 1.19 bits per heavy atom. The fourth-order valence-electron chi connectivity index (χ4n) is 4.16. The van der Waals surface area contributed by atoms with Crippen LogP contribution in [0, 0.1) is 6.92 Å². The Morgan fingerprint density at radius 2 is 1.88 bits per heavy atom. The number of halogens is 7. The monoisotopic (exact) mass is 617 g/mol. The summed E-state index contributed by atoms with van der Waals surface area (Å²) in [5.41, 5.74) is 3.98. The van der Waals surface area contributed by atoms with E-state index in [9.17, 15) is 31.4 Å². The van der Waals surface area contributed by atoms with Crippen molar-refractivity contribution in [3.63, 3.8) is 0 Å². The third kappa shape index (κ3) is 7.12. The molecule has 42 heavy (non-hydrogen) atoms. The molecule has 0 saturated carbocycles. The Labute approximate surface area is 241 Å². The standard InChI is InChI=1S/C27H26ClF6N5O3/c1-14-23(13-41-14)42-24(22(40)12-36-11-17(10-35)16-3-5-18(6-4-16)26(29,30)31)25-37-15(2)38-39(25)21-9-19(28)7-8-20(21)27(32,33)34/h3-11,14,22-24,40H,12-13,35H2,1-2H3/b17-10+,36-11?/t14?,22-,23?,24?/m0/s1. The van der Waals surface area contributed by atoms with Gasteiger partial charge in [-0.15, -0.1) is 0 Å². The summed E-state index contributed by atoms with van der Waals surface area (Å²) < 4.78 is 92.7. The quantitative estimate of drug-likeness (QED) is 0.241. The van der Waals surface area contributed by atoms with Crippen molar-refractivity contribution in [1.29, 1.82) is 0 Å². The number of aryl methyl sites for hydroxylation is 1. The molecule has 3 aromatic rings. The van der Waals surface area contributed by atoms with E-state index in [0.29, 0.717) is 5.56 Å². The number of aliphatic imine (C=N–C) groups is 1. The van der Waals surface area contributed by atoms with Crippen molar-refractivity contribution in [2.45, 2.75) is 50.6 Å². The molecule has 4 rings (SSSR count). The number of aliphatic hydroxyl groups excluding tert-OH is 1. The summed E-state index contributed by atoms with van der Waals surface area (Å²) in [4.78, 5) is 8.44. The minimum Gasteiger partial charge on any atom is -0.404 e. The van der Waals surface area contributed by atoms with Gasteiger partial charge in [0.05, 0.1) is 36.1 Å². The number of nitrogens with zero attached hydrogens (tertiary/aromatic N) is 4. The lowest BCUT2D eigenvalue weighted by Crippen LogP contribution is -2.47. The maximum Gasteiger partial charge on any atom is 0.418 e. The van der Waals surface area contributed by atoms with Gasteiger partial charge in [0, 0.05) is 23.0 Å². The zero-order valence-electron chi connectivity index (χ0n) is 22.2. The lowest BCUT2D eigenvalue weighted by Gasteiger charge is -2.37. The molecule has 0 radical (unpaired) electrons. The van der Waals surface area contributed by atoms with Gasteiger partial charge in [0.1, 0.15) is 24.1 Å². The van der Waals surface area contributed by atoms with Crippen LogP contribution in [0.1, 0.15) is 41.4 Å². The molecule has 1 fully saturated rings. The van der Waals surface area contributed by atoms with Crippen molar-refractivity contribution < 1.29 is 40.9 Å². The van der Waals surface area contributed by atoms with Gasteiger partial charge in [0.25, 0.3) is 0 Å². The Bertz CT molecular complexity index is 1460. The summed E-state index contributed by atoms with van der Waals surface area (Å²) in [6.45, 7) is 3.04. The molecule has 0 amide bonds. The number of alkyl halides is 6. The molecule has 3 unspecified atom stereocenters. The number of benzene rings is 2. The molecular formula is C27H26ClF6N5O3. The third-order valence-electron chi connectivity index (χ3n) is 6.45. The van der Waals surface area contributed by atoms with Crippen LogP contribution in [0.4, 0.5) is 26.3 Å². The van der Waals surface area contributed by atoms with Crippen LogP contribution in [0.2, 0.25) is 5.02 Å². The Balaban J connectivity index is 1.64.